The SMILES string of the molecule is CCCC(=O)Oc1ccc(-c2ccc(C3=CCC(CCC(CC)CC)CC3)cc2)cc1. The van der Waals surface area contributed by atoms with Gasteiger partial charge < -0.3 is 4.74 Å². The summed E-state index contributed by atoms with van der Waals surface area (Å²) in [4.78, 5) is 11.6. The van der Waals surface area contributed by atoms with Crippen molar-refractivity contribution in [2.24, 2.45) is 11.8 Å². The molecule has 2 heteroatoms. The second-order valence-corrected chi connectivity index (χ2v) is 8.96. The fourth-order valence-corrected chi connectivity index (χ4v) is 4.56. The average molecular weight is 419 g/mol. The lowest BCUT2D eigenvalue weighted by Crippen LogP contribution is -2.08. The average Bonchev–Trinajstić information content (AvgIpc) is 2.81. The fourth-order valence-electron chi connectivity index (χ4n) is 4.56. The molecular weight excluding hydrogens is 380 g/mol. The van der Waals surface area contributed by atoms with E-state index in [0.29, 0.717) is 12.2 Å². The largest absolute Gasteiger partial charge is 0.427 e. The predicted octanol–water partition coefficient (Wildman–Crippen LogP) is 8.46. The van der Waals surface area contributed by atoms with Crippen LogP contribution in [0.4, 0.5) is 0 Å². The highest BCUT2D eigenvalue weighted by Crippen LogP contribution is 2.34. The van der Waals surface area contributed by atoms with Gasteiger partial charge in [-0.1, -0.05) is 82.5 Å². The lowest BCUT2D eigenvalue weighted by molar-refractivity contribution is -0.134. The molecule has 0 radical (unpaired) electrons. The van der Waals surface area contributed by atoms with Crippen LogP contribution in [0, 0.1) is 11.8 Å². The number of hydrogen-bond acceptors (Lipinski definition) is 2. The first-order valence-corrected chi connectivity index (χ1v) is 12.2. The molecule has 2 aromatic carbocycles. The van der Waals surface area contributed by atoms with Gasteiger partial charge in [-0.15, -0.1) is 0 Å². The van der Waals surface area contributed by atoms with Crippen molar-refractivity contribution < 1.29 is 9.53 Å². The van der Waals surface area contributed by atoms with E-state index in [1.165, 1.54) is 61.6 Å². The van der Waals surface area contributed by atoms with Gasteiger partial charge in [-0.2, -0.15) is 0 Å². The van der Waals surface area contributed by atoms with E-state index in [1.807, 2.05) is 31.2 Å². The van der Waals surface area contributed by atoms with Crippen LogP contribution in [0.1, 0.15) is 84.1 Å². The Hall–Kier alpha value is -2.35. The second-order valence-electron chi connectivity index (χ2n) is 8.96. The molecule has 0 fully saturated rings. The number of hydrogen-bond donors (Lipinski definition) is 0. The lowest BCUT2D eigenvalue weighted by atomic mass is 9.82. The Kier molecular flexibility index (Phi) is 8.94. The number of ether oxygens (including phenoxy) is 1. The maximum absolute atomic E-state index is 11.6. The van der Waals surface area contributed by atoms with Gasteiger partial charge in [0.1, 0.15) is 5.75 Å². The highest BCUT2D eigenvalue weighted by Gasteiger charge is 2.17. The zero-order valence-corrected chi connectivity index (χ0v) is 19.5. The van der Waals surface area contributed by atoms with Gasteiger partial charge in [0.25, 0.3) is 0 Å². The monoisotopic (exact) mass is 418 g/mol. The highest BCUT2D eigenvalue weighted by molar-refractivity contribution is 5.73. The van der Waals surface area contributed by atoms with Gasteiger partial charge in [-0.25, -0.2) is 0 Å². The summed E-state index contributed by atoms with van der Waals surface area (Å²) in [5.41, 5.74) is 5.19. The van der Waals surface area contributed by atoms with Gasteiger partial charge in [0.15, 0.2) is 0 Å². The van der Waals surface area contributed by atoms with Crippen LogP contribution in [-0.2, 0) is 4.79 Å². The summed E-state index contributed by atoms with van der Waals surface area (Å²) >= 11 is 0. The van der Waals surface area contributed by atoms with E-state index in [0.717, 1.165) is 23.8 Å². The third-order valence-electron chi connectivity index (χ3n) is 6.79. The quantitative estimate of drug-likeness (QED) is 0.286. The van der Waals surface area contributed by atoms with Crippen molar-refractivity contribution in [3.8, 4) is 16.9 Å². The Morgan fingerprint density at radius 2 is 1.55 bits per heavy atom. The zero-order chi connectivity index (χ0) is 22.1. The van der Waals surface area contributed by atoms with Crippen molar-refractivity contribution in [3.05, 3.63) is 60.2 Å². The molecule has 1 aliphatic carbocycles. The Morgan fingerprint density at radius 3 is 2.10 bits per heavy atom. The molecular formula is C29H38O2. The van der Waals surface area contributed by atoms with Crippen molar-refractivity contribution in [1.29, 1.82) is 0 Å². The van der Waals surface area contributed by atoms with Crippen LogP contribution in [0.15, 0.2) is 54.6 Å². The van der Waals surface area contributed by atoms with Gasteiger partial charge in [0, 0.05) is 6.42 Å². The van der Waals surface area contributed by atoms with E-state index in [4.69, 9.17) is 4.74 Å². The molecule has 0 spiro atoms. The number of esters is 1. The molecule has 0 saturated heterocycles. The summed E-state index contributed by atoms with van der Waals surface area (Å²) < 4.78 is 5.35. The topological polar surface area (TPSA) is 26.3 Å². The van der Waals surface area contributed by atoms with Crippen molar-refractivity contribution in [3.63, 3.8) is 0 Å². The van der Waals surface area contributed by atoms with Crippen molar-refractivity contribution in [2.75, 3.05) is 0 Å². The summed E-state index contributed by atoms with van der Waals surface area (Å²) in [5.74, 6) is 2.23. The molecule has 0 bridgehead atoms. The Morgan fingerprint density at radius 1 is 0.935 bits per heavy atom. The van der Waals surface area contributed by atoms with Crippen molar-refractivity contribution >= 4 is 11.5 Å². The van der Waals surface area contributed by atoms with E-state index in [2.05, 4.69) is 44.2 Å². The molecule has 1 unspecified atom stereocenters. The molecule has 31 heavy (non-hydrogen) atoms. The predicted molar refractivity (Wildman–Crippen MR) is 131 cm³/mol. The summed E-state index contributed by atoms with van der Waals surface area (Å²) in [6.45, 7) is 6.63. The molecule has 0 aliphatic heterocycles. The number of carbonyl (C=O) groups is 1. The fraction of sp³-hybridized carbons (Fsp3) is 0.483. The highest BCUT2D eigenvalue weighted by atomic mass is 16.5. The minimum Gasteiger partial charge on any atom is -0.427 e. The standard InChI is InChI=1S/C29H38O2/c1-4-7-29(30)31-28-20-18-27(19-21-28)26-16-14-25(15-17-26)24-12-10-23(11-13-24)9-8-22(5-2)6-3/h12,14-23H,4-11,13H2,1-3H3. The molecule has 0 N–H and O–H groups in total. The molecule has 2 aromatic rings. The van der Waals surface area contributed by atoms with E-state index in [-0.39, 0.29) is 5.97 Å². The lowest BCUT2D eigenvalue weighted by Gasteiger charge is -2.24. The van der Waals surface area contributed by atoms with Crippen molar-refractivity contribution in [2.45, 2.75) is 78.6 Å². The number of benzene rings is 2. The summed E-state index contributed by atoms with van der Waals surface area (Å²) in [7, 11) is 0. The Balaban J connectivity index is 1.56. The summed E-state index contributed by atoms with van der Waals surface area (Å²) in [6, 6.07) is 16.7. The van der Waals surface area contributed by atoms with Crippen LogP contribution in [0.3, 0.4) is 0 Å². The third kappa shape index (κ3) is 6.82. The number of carbonyl (C=O) groups excluding carboxylic acids is 1. The molecule has 0 aromatic heterocycles. The second kappa shape index (κ2) is 11.9. The number of rotatable bonds is 10. The third-order valence-corrected chi connectivity index (χ3v) is 6.79. The van der Waals surface area contributed by atoms with Gasteiger partial charge in [-0.05, 0) is 78.3 Å². The van der Waals surface area contributed by atoms with Crippen LogP contribution in [0.2, 0.25) is 0 Å². The first kappa shape index (κ1) is 23.3. The van der Waals surface area contributed by atoms with Crippen LogP contribution in [0.25, 0.3) is 16.7 Å². The smallest absolute Gasteiger partial charge is 0.311 e. The first-order chi connectivity index (χ1) is 15.1. The van der Waals surface area contributed by atoms with Crippen LogP contribution in [0.5, 0.6) is 5.75 Å². The molecule has 0 amide bonds. The van der Waals surface area contributed by atoms with E-state index < -0.39 is 0 Å². The van der Waals surface area contributed by atoms with Crippen LogP contribution >= 0.6 is 0 Å². The maximum Gasteiger partial charge on any atom is 0.311 e. The summed E-state index contributed by atoms with van der Waals surface area (Å²) in [6.07, 6.45) is 12.9. The molecule has 0 heterocycles. The van der Waals surface area contributed by atoms with Crippen molar-refractivity contribution in [1.82, 2.24) is 0 Å². The molecule has 1 aliphatic rings. The Bertz CT molecular complexity index is 841. The first-order valence-electron chi connectivity index (χ1n) is 12.2. The normalized spacial score (nSPS) is 16.3. The Labute approximate surface area is 188 Å². The summed E-state index contributed by atoms with van der Waals surface area (Å²) in [5, 5.41) is 0. The van der Waals surface area contributed by atoms with E-state index in [1.54, 1.807) is 0 Å². The minimum atomic E-state index is -0.168. The van der Waals surface area contributed by atoms with E-state index >= 15 is 0 Å². The molecule has 3 rings (SSSR count). The van der Waals surface area contributed by atoms with Gasteiger partial charge >= 0.3 is 5.97 Å². The minimum absolute atomic E-state index is 0.168. The van der Waals surface area contributed by atoms with Gasteiger partial charge in [0.05, 0.1) is 0 Å². The van der Waals surface area contributed by atoms with Crippen LogP contribution < -0.4 is 4.74 Å². The van der Waals surface area contributed by atoms with Gasteiger partial charge in [-0.3, -0.25) is 4.79 Å². The zero-order valence-electron chi connectivity index (χ0n) is 19.5. The number of allylic oxidation sites excluding steroid dienone is 2. The van der Waals surface area contributed by atoms with E-state index in [9.17, 15) is 4.79 Å². The molecule has 0 saturated carbocycles. The van der Waals surface area contributed by atoms with Crippen LogP contribution in [-0.4, -0.2) is 5.97 Å². The maximum atomic E-state index is 11.6. The molecule has 166 valence electrons. The van der Waals surface area contributed by atoms with Gasteiger partial charge in [0.2, 0.25) is 0 Å². The molecule has 2 nitrogen and oxygen atoms in total. The molecule has 1 atom stereocenters.